The van der Waals surface area contributed by atoms with E-state index in [1.807, 2.05) is 0 Å². The fraction of sp³-hybridized carbons (Fsp3) is 0.300. The van der Waals surface area contributed by atoms with E-state index in [0.29, 0.717) is 10.9 Å². The summed E-state index contributed by atoms with van der Waals surface area (Å²) >= 11 is 6.54. The minimum Gasteiger partial charge on any atom is -0.497 e. The molecule has 0 aliphatic heterocycles. The van der Waals surface area contributed by atoms with Gasteiger partial charge in [0.2, 0.25) is 0 Å². The van der Waals surface area contributed by atoms with Crippen molar-refractivity contribution in [1.82, 2.24) is 0 Å². The van der Waals surface area contributed by atoms with Crippen molar-refractivity contribution in [2.24, 2.45) is 0 Å². The van der Waals surface area contributed by atoms with Crippen molar-refractivity contribution < 1.29 is 9.53 Å². The van der Waals surface area contributed by atoms with Crippen molar-refractivity contribution in [3.63, 3.8) is 0 Å². The molecule has 0 heterocycles. The summed E-state index contributed by atoms with van der Waals surface area (Å²) < 4.78 is 5.00. The van der Waals surface area contributed by atoms with Crippen LogP contribution in [0.1, 0.15) is 10.4 Å². The topological polar surface area (TPSA) is 26.3 Å². The molecule has 76 valence electrons. The number of hydrogen-bond donors (Lipinski definition) is 0. The van der Waals surface area contributed by atoms with Gasteiger partial charge in [-0.2, -0.15) is 0 Å². The van der Waals surface area contributed by atoms with E-state index >= 15 is 0 Å². The molecular formula is C10H10Br2O2. The van der Waals surface area contributed by atoms with Crippen molar-refractivity contribution >= 4 is 37.6 Å². The largest absolute Gasteiger partial charge is 0.497 e. The van der Waals surface area contributed by atoms with Gasteiger partial charge in [0, 0.05) is 10.9 Å². The van der Waals surface area contributed by atoms with Gasteiger partial charge in [-0.05, 0) is 24.3 Å². The average Bonchev–Trinajstić information content (AvgIpc) is 2.27. The Labute approximate surface area is 99.9 Å². The van der Waals surface area contributed by atoms with E-state index in [4.69, 9.17) is 4.74 Å². The van der Waals surface area contributed by atoms with E-state index in [9.17, 15) is 4.79 Å². The lowest BCUT2D eigenvalue weighted by Gasteiger charge is -2.05. The molecule has 0 aliphatic carbocycles. The standard InChI is InChI=1S/C10H10Br2O2/c1-14-8-4-2-7(3-5-8)10(13)9(12)6-11/h2-5,9H,6H2,1H3. The van der Waals surface area contributed by atoms with E-state index in [-0.39, 0.29) is 10.6 Å². The van der Waals surface area contributed by atoms with Gasteiger partial charge in [-0.25, -0.2) is 0 Å². The van der Waals surface area contributed by atoms with Crippen molar-refractivity contribution in [1.29, 1.82) is 0 Å². The molecule has 1 atom stereocenters. The van der Waals surface area contributed by atoms with Crippen LogP contribution < -0.4 is 4.74 Å². The van der Waals surface area contributed by atoms with Crippen molar-refractivity contribution in [3.05, 3.63) is 29.8 Å². The molecule has 14 heavy (non-hydrogen) atoms. The van der Waals surface area contributed by atoms with Crippen LogP contribution in [-0.4, -0.2) is 23.1 Å². The molecule has 0 aromatic heterocycles. The summed E-state index contributed by atoms with van der Waals surface area (Å²) in [4.78, 5) is 11.5. The Kier molecular flexibility index (Phi) is 4.62. The summed E-state index contributed by atoms with van der Waals surface area (Å²) in [6.07, 6.45) is 0. The van der Waals surface area contributed by atoms with Crippen LogP contribution in [-0.2, 0) is 0 Å². The number of ether oxygens (including phenoxy) is 1. The lowest BCUT2D eigenvalue weighted by molar-refractivity contribution is 0.0997. The molecule has 1 rings (SSSR count). The second-order valence-corrected chi connectivity index (χ2v) is 4.47. The molecule has 1 aromatic rings. The molecule has 0 radical (unpaired) electrons. The van der Waals surface area contributed by atoms with Gasteiger partial charge >= 0.3 is 0 Å². The van der Waals surface area contributed by atoms with Crippen LogP contribution in [0.4, 0.5) is 0 Å². The fourth-order valence-corrected chi connectivity index (χ4v) is 1.56. The van der Waals surface area contributed by atoms with E-state index in [2.05, 4.69) is 31.9 Å². The van der Waals surface area contributed by atoms with E-state index in [0.717, 1.165) is 5.75 Å². The van der Waals surface area contributed by atoms with Crippen LogP contribution in [0.5, 0.6) is 5.75 Å². The number of ketones is 1. The quantitative estimate of drug-likeness (QED) is 0.629. The molecule has 4 heteroatoms. The predicted molar refractivity (Wildman–Crippen MR) is 63.8 cm³/mol. The van der Waals surface area contributed by atoms with Gasteiger partial charge in [0.15, 0.2) is 5.78 Å². The molecule has 2 nitrogen and oxygen atoms in total. The molecular weight excluding hydrogens is 312 g/mol. The number of carbonyl (C=O) groups is 1. The van der Waals surface area contributed by atoms with E-state index in [1.54, 1.807) is 31.4 Å². The fourth-order valence-electron chi connectivity index (χ4n) is 1.01. The smallest absolute Gasteiger partial charge is 0.177 e. The Morgan fingerprint density at radius 3 is 2.43 bits per heavy atom. The summed E-state index contributed by atoms with van der Waals surface area (Å²) in [6.45, 7) is 0. The van der Waals surface area contributed by atoms with Crippen LogP contribution in [0.2, 0.25) is 0 Å². The van der Waals surface area contributed by atoms with Crippen LogP contribution in [0.3, 0.4) is 0 Å². The zero-order valence-electron chi connectivity index (χ0n) is 7.67. The van der Waals surface area contributed by atoms with Crippen molar-refractivity contribution in [2.75, 3.05) is 12.4 Å². The molecule has 0 aliphatic rings. The highest BCUT2D eigenvalue weighted by molar-refractivity contribution is 9.12. The van der Waals surface area contributed by atoms with Crippen LogP contribution in [0, 0.1) is 0 Å². The lowest BCUT2D eigenvalue weighted by atomic mass is 10.1. The van der Waals surface area contributed by atoms with E-state index in [1.165, 1.54) is 0 Å². The van der Waals surface area contributed by atoms with Crippen molar-refractivity contribution in [2.45, 2.75) is 4.83 Å². The van der Waals surface area contributed by atoms with E-state index < -0.39 is 0 Å². The molecule has 0 saturated carbocycles. The first-order chi connectivity index (χ1) is 6.69. The third-order valence-corrected chi connectivity index (χ3v) is 4.05. The maximum absolute atomic E-state index is 11.7. The molecule has 1 unspecified atom stereocenters. The molecule has 1 aromatic carbocycles. The number of halogens is 2. The van der Waals surface area contributed by atoms with Crippen LogP contribution >= 0.6 is 31.9 Å². The van der Waals surface area contributed by atoms with Gasteiger partial charge < -0.3 is 4.74 Å². The molecule has 0 saturated heterocycles. The van der Waals surface area contributed by atoms with Gasteiger partial charge in [-0.1, -0.05) is 31.9 Å². The van der Waals surface area contributed by atoms with Crippen LogP contribution in [0.15, 0.2) is 24.3 Å². The summed E-state index contributed by atoms with van der Waals surface area (Å²) in [5.74, 6) is 0.830. The molecule has 0 spiro atoms. The average molecular weight is 322 g/mol. The second kappa shape index (κ2) is 5.51. The monoisotopic (exact) mass is 320 g/mol. The van der Waals surface area contributed by atoms with Gasteiger partial charge in [0.25, 0.3) is 0 Å². The van der Waals surface area contributed by atoms with Gasteiger partial charge in [0.1, 0.15) is 5.75 Å². The highest BCUT2D eigenvalue weighted by Crippen LogP contribution is 2.16. The number of alkyl halides is 2. The van der Waals surface area contributed by atoms with Crippen LogP contribution in [0.25, 0.3) is 0 Å². The SMILES string of the molecule is COc1ccc(C(=O)C(Br)CBr)cc1. The zero-order chi connectivity index (χ0) is 10.6. The summed E-state index contributed by atoms with van der Waals surface area (Å²) in [5.41, 5.74) is 0.687. The summed E-state index contributed by atoms with van der Waals surface area (Å²) in [7, 11) is 1.60. The first kappa shape index (κ1) is 11.7. The normalized spacial score (nSPS) is 12.2. The highest BCUT2D eigenvalue weighted by atomic mass is 79.9. The number of rotatable bonds is 4. The van der Waals surface area contributed by atoms with Crippen molar-refractivity contribution in [3.8, 4) is 5.75 Å². The second-order valence-electron chi connectivity index (χ2n) is 2.71. The Bertz CT molecular complexity index is 308. The maximum atomic E-state index is 11.7. The Morgan fingerprint density at radius 2 is 2.00 bits per heavy atom. The molecule has 0 amide bonds. The zero-order valence-corrected chi connectivity index (χ0v) is 10.8. The number of carbonyl (C=O) groups excluding carboxylic acids is 1. The minimum absolute atomic E-state index is 0.0736. The maximum Gasteiger partial charge on any atom is 0.177 e. The molecule has 0 bridgehead atoms. The summed E-state index contributed by atoms with van der Waals surface area (Å²) in [5, 5.41) is 0.609. The lowest BCUT2D eigenvalue weighted by Crippen LogP contribution is -2.15. The van der Waals surface area contributed by atoms with Gasteiger partial charge in [0.05, 0.1) is 11.9 Å². The molecule has 0 N–H and O–H groups in total. The Hall–Kier alpha value is -0.350. The first-order valence-electron chi connectivity index (χ1n) is 4.07. The third-order valence-electron chi connectivity index (χ3n) is 1.79. The van der Waals surface area contributed by atoms with Gasteiger partial charge in [-0.15, -0.1) is 0 Å². The Balaban J connectivity index is 2.81. The summed E-state index contributed by atoms with van der Waals surface area (Å²) in [6, 6.07) is 7.08. The highest BCUT2D eigenvalue weighted by Gasteiger charge is 2.14. The first-order valence-corrected chi connectivity index (χ1v) is 6.11. The third kappa shape index (κ3) is 2.82. The Morgan fingerprint density at radius 1 is 1.43 bits per heavy atom. The number of hydrogen-bond acceptors (Lipinski definition) is 2. The van der Waals surface area contributed by atoms with Gasteiger partial charge in [-0.3, -0.25) is 4.79 Å². The number of methoxy groups -OCH3 is 1. The number of benzene rings is 1. The number of Topliss-reactive ketones (excluding diaryl/α,β-unsaturated/α-hetero) is 1. The minimum atomic E-state index is -0.170. The predicted octanol–water partition coefficient (Wildman–Crippen LogP) is 3.04. The molecule has 0 fully saturated rings.